The highest BCUT2D eigenvalue weighted by molar-refractivity contribution is 5.67. The minimum absolute atomic E-state index is 0.0419. The van der Waals surface area contributed by atoms with Gasteiger partial charge < -0.3 is 19.9 Å². The maximum Gasteiger partial charge on any atom is 0.506 e. The minimum atomic E-state index is -1.27. The highest BCUT2D eigenvalue weighted by Gasteiger charge is 2.44. The van der Waals surface area contributed by atoms with Crippen LogP contribution in [0.15, 0.2) is 30.3 Å². The van der Waals surface area contributed by atoms with Crippen LogP contribution in [0.4, 0.5) is 9.59 Å². The summed E-state index contributed by atoms with van der Waals surface area (Å²) in [4.78, 5) is 25.9. The molecule has 0 saturated carbocycles. The number of alkyl carbamates (subject to hydrolysis) is 1. The van der Waals surface area contributed by atoms with E-state index in [0.29, 0.717) is 13.1 Å². The Balaban J connectivity index is 2.15. The molecule has 7 heteroatoms. The third-order valence-corrected chi connectivity index (χ3v) is 5.19. The van der Waals surface area contributed by atoms with E-state index >= 15 is 0 Å². The van der Waals surface area contributed by atoms with Crippen molar-refractivity contribution in [2.75, 3.05) is 19.6 Å². The van der Waals surface area contributed by atoms with Crippen molar-refractivity contribution >= 4 is 12.2 Å². The number of carbonyl (C=O) groups is 2. The summed E-state index contributed by atoms with van der Waals surface area (Å²) in [5.41, 5.74) is 0.262. The topological polar surface area (TPSA) is 88.1 Å². The number of benzene rings is 1. The normalized spacial score (nSPS) is 21.1. The van der Waals surface area contributed by atoms with Gasteiger partial charge in [-0.3, -0.25) is 4.90 Å². The van der Waals surface area contributed by atoms with Gasteiger partial charge in [0.1, 0.15) is 11.7 Å². The number of hydrogen-bond acceptors (Lipinski definition) is 5. The second-order valence-corrected chi connectivity index (χ2v) is 10.2. The van der Waals surface area contributed by atoms with Crippen LogP contribution in [0.2, 0.25) is 0 Å². The molecule has 2 rings (SSSR count). The summed E-state index contributed by atoms with van der Waals surface area (Å²) in [6.07, 6.45) is -2.22. The fourth-order valence-corrected chi connectivity index (χ4v) is 4.06. The third-order valence-electron chi connectivity index (χ3n) is 5.19. The molecule has 1 heterocycles. The summed E-state index contributed by atoms with van der Waals surface area (Å²) in [5.74, 6) is 0.00422. The average Bonchev–Trinajstić information content (AvgIpc) is 2.98. The van der Waals surface area contributed by atoms with Crippen LogP contribution in [-0.2, 0) is 16.0 Å². The number of ether oxygens (including phenoxy) is 2. The van der Waals surface area contributed by atoms with Gasteiger partial charge >= 0.3 is 12.2 Å². The monoisotopic (exact) mass is 420 g/mol. The standard InChI is InChI=1S/C23H36N2O5/c1-22(2,3)19(29-21(27)28)18-15-25(13-16-10-8-7-9-11-16)14-17(18)12-24-20(26)30-23(4,5)6/h7-11,17-19H,12-15H2,1-6H3,(H,24,26)(H,27,28). The van der Waals surface area contributed by atoms with Gasteiger partial charge in [-0.2, -0.15) is 0 Å². The van der Waals surface area contributed by atoms with Crippen LogP contribution in [0.1, 0.15) is 47.1 Å². The van der Waals surface area contributed by atoms with Crippen LogP contribution in [0.3, 0.4) is 0 Å². The lowest BCUT2D eigenvalue weighted by molar-refractivity contribution is -0.0383. The first-order valence-electron chi connectivity index (χ1n) is 10.5. The molecular weight excluding hydrogens is 384 g/mol. The van der Waals surface area contributed by atoms with E-state index in [1.165, 1.54) is 5.56 Å². The molecule has 0 aromatic heterocycles. The molecular formula is C23H36N2O5. The SMILES string of the molecule is CC(C)(C)OC(=O)NCC1CN(Cc2ccccc2)CC1C(OC(=O)O)C(C)(C)C. The van der Waals surface area contributed by atoms with Gasteiger partial charge in [-0.25, -0.2) is 9.59 Å². The minimum Gasteiger partial charge on any atom is -0.450 e. The molecule has 0 aliphatic carbocycles. The zero-order valence-electron chi connectivity index (χ0n) is 19.0. The Morgan fingerprint density at radius 1 is 1.13 bits per heavy atom. The fourth-order valence-electron chi connectivity index (χ4n) is 4.06. The highest BCUT2D eigenvalue weighted by Crippen LogP contribution is 2.37. The molecule has 1 aromatic rings. The van der Waals surface area contributed by atoms with Crippen LogP contribution < -0.4 is 5.32 Å². The van der Waals surface area contributed by atoms with E-state index in [-0.39, 0.29) is 17.3 Å². The maximum atomic E-state index is 12.2. The van der Waals surface area contributed by atoms with Crippen molar-refractivity contribution in [2.45, 2.75) is 59.8 Å². The lowest BCUT2D eigenvalue weighted by atomic mass is 9.77. The Morgan fingerprint density at radius 2 is 1.77 bits per heavy atom. The second-order valence-electron chi connectivity index (χ2n) is 10.2. The Bertz CT molecular complexity index is 709. The Kier molecular flexibility index (Phi) is 7.75. The Hall–Kier alpha value is -2.28. The molecule has 1 fully saturated rings. The van der Waals surface area contributed by atoms with E-state index in [1.54, 1.807) is 0 Å². The van der Waals surface area contributed by atoms with Crippen molar-refractivity contribution in [1.29, 1.82) is 0 Å². The number of carbonyl (C=O) groups excluding carboxylic acids is 1. The molecule has 1 aliphatic rings. The van der Waals surface area contributed by atoms with E-state index in [0.717, 1.165) is 13.1 Å². The van der Waals surface area contributed by atoms with Gasteiger partial charge in [0.15, 0.2) is 0 Å². The zero-order chi connectivity index (χ0) is 22.5. The van der Waals surface area contributed by atoms with Crippen LogP contribution in [-0.4, -0.2) is 53.6 Å². The Morgan fingerprint density at radius 3 is 2.30 bits per heavy atom. The summed E-state index contributed by atoms with van der Waals surface area (Å²) in [6.45, 7) is 14.0. The quantitative estimate of drug-likeness (QED) is 0.665. The van der Waals surface area contributed by atoms with Crippen LogP contribution in [0.5, 0.6) is 0 Å². The first-order valence-corrected chi connectivity index (χ1v) is 10.5. The lowest BCUT2D eigenvalue weighted by Gasteiger charge is -2.36. The smallest absolute Gasteiger partial charge is 0.450 e. The van der Waals surface area contributed by atoms with Gasteiger partial charge in [-0.05, 0) is 37.7 Å². The van der Waals surface area contributed by atoms with Crippen LogP contribution >= 0.6 is 0 Å². The van der Waals surface area contributed by atoms with Crippen molar-refractivity contribution in [3.8, 4) is 0 Å². The number of carboxylic acid groups (broad SMARTS) is 1. The Labute approximate surface area is 179 Å². The van der Waals surface area contributed by atoms with Crippen molar-refractivity contribution in [3.63, 3.8) is 0 Å². The first kappa shape index (κ1) is 24.0. The van der Waals surface area contributed by atoms with Gasteiger partial charge in [0.2, 0.25) is 0 Å². The molecule has 30 heavy (non-hydrogen) atoms. The average molecular weight is 421 g/mol. The number of rotatable bonds is 6. The molecule has 1 amide bonds. The largest absolute Gasteiger partial charge is 0.506 e. The molecule has 0 radical (unpaired) electrons. The molecule has 3 unspecified atom stereocenters. The maximum absolute atomic E-state index is 12.2. The molecule has 1 aromatic carbocycles. The zero-order valence-corrected chi connectivity index (χ0v) is 19.0. The van der Waals surface area contributed by atoms with E-state index < -0.39 is 24.0 Å². The number of nitrogens with zero attached hydrogens (tertiary/aromatic N) is 1. The van der Waals surface area contributed by atoms with Crippen molar-refractivity contribution in [2.24, 2.45) is 17.3 Å². The molecule has 3 atom stereocenters. The lowest BCUT2D eigenvalue weighted by Crippen LogP contribution is -2.44. The number of hydrogen-bond donors (Lipinski definition) is 2. The van der Waals surface area contributed by atoms with Gasteiger partial charge in [-0.15, -0.1) is 0 Å². The van der Waals surface area contributed by atoms with E-state index in [2.05, 4.69) is 22.3 Å². The van der Waals surface area contributed by atoms with Crippen LogP contribution in [0, 0.1) is 17.3 Å². The van der Waals surface area contributed by atoms with Crippen molar-refractivity contribution < 1.29 is 24.2 Å². The summed E-state index contributed by atoms with van der Waals surface area (Å²) in [6, 6.07) is 10.2. The number of amides is 1. The van der Waals surface area contributed by atoms with Gasteiger partial charge in [0.25, 0.3) is 0 Å². The highest BCUT2D eigenvalue weighted by atomic mass is 16.7. The summed E-state index contributed by atoms with van der Waals surface area (Å²) >= 11 is 0. The second kappa shape index (κ2) is 9.69. The summed E-state index contributed by atoms with van der Waals surface area (Å²) in [5, 5.41) is 12.2. The predicted octanol–water partition coefficient (Wildman–Crippen LogP) is 4.37. The van der Waals surface area contributed by atoms with E-state index in [9.17, 15) is 14.7 Å². The predicted molar refractivity (Wildman–Crippen MR) is 115 cm³/mol. The van der Waals surface area contributed by atoms with Crippen molar-refractivity contribution in [3.05, 3.63) is 35.9 Å². The third kappa shape index (κ3) is 7.52. The van der Waals surface area contributed by atoms with Crippen molar-refractivity contribution in [1.82, 2.24) is 10.2 Å². The molecule has 7 nitrogen and oxygen atoms in total. The van der Waals surface area contributed by atoms with Gasteiger partial charge in [-0.1, -0.05) is 51.1 Å². The van der Waals surface area contributed by atoms with Crippen LogP contribution in [0.25, 0.3) is 0 Å². The van der Waals surface area contributed by atoms with Gasteiger partial charge in [0, 0.05) is 32.1 Å². The molecule has 2 N–H and O–H groups in total. The number of nitrogens with one attached hydrogen (secondary N) is 1. The molecule has 0 spiro atoms. The first-order chi connectivity index (χ1) is 13.8. The van der Waals surface area contributed by atoms with E-state index in [1.807, 2.05) is 59.7 Å². The van der Waals surface area contributed by atoms with Gasteiger partial charge in [0.05, 0.1) is 0 Å². The molecule has 168 valence electrons. The summed E-state index contributed by atoms with van der Waals surface area (Å²) in [7, 11) is 0. The molecule has 1 saturated heterocycles. The molecule has 1 aliphatic heterocycles. The molecule has 0 bridgehead atoms. The van der Waals surface area contributed by atoms with E-state index in [4.69, 9.17) is 9.47 Å². The summed E-state index contributed by atoms with van der Waals surface area (Å²) < 4.78 is 10.7. The fraction of sp³-hybridized carbons (Fsp3) is 0.652. The number of likely N-dealkylation sites (tertiary alicyclic amines) is 1.